The Bertz CT molecular complexity index is 834. The summed E-state index contributed by atoms with van der Waals surface area (Å²) >= 11 is 0. The second kappa shape index (κ2) is 6.51. The number of aromatic nitrogens is 3. The summed E-state index contributed by atoms with van der Waals surface area (Å²) in [5, 5.41) is 8.34. The molecule has 4 rings (SSSR count). The summed E-state index contributed by atoms with van der Waals surface area (Å²) in [5.74, 6) is 1.59. The van der Waals surface area contributed by atoms with Crippen LogP contribution in [0.1, 0.15) is 28.7 Å². The Morgan fingerprint density at radius 1 is 0.920 bits per heavy atom. The topological polar surface area (TPSA) is 51.0 Å². The van der Waals surface area contributed by atoms with Crippen molar-refractivity contribution in [2.24, 2.45) is 0 Å². The van der Waals surface area contributed by atoms with E-state index >= 15 is 0 Å². The molecule has 0 atom stereocenters. The van der Waals surface area contributed by atoms with Crippen molar-refractivity contribution in [1.82, 2.24) is 19.7 Å². The van der Waals surface area contributed by atoms with Gasteiger partial charge in [0.15, 0.2) is 5.82 Å². The Labute approximate surface area is 146 Å². The highest BCUT2D eigenvalue weighted by atomic mass is 16.2. The molecule has 0 bridgehead atoms. The molecule has 0 N–H and O–H groups in total. The molecule has 5 heteroatoms. The first-order valence-corrected chi connectivity index (χ1v) is 8.51. The summed E-state index contributed by atoms with van der Waals surface area (Å²) in [5.41, 5.74) is 2.03. The van der Waals surface area contributed by atoms with Gasteiger partial charge in [-0.1, -0.05) is 60.7 Å². The van der Waals surface area contributed by atoms with E-state index in [-0.39, 0.29) is 11.8 Å². The molecule has 126 valence electrons. The third-order valence-corrected chi connectivity index (χ3v) is 4.76. The average molecular weight is 332 g/mol. The number of carbonyl (C=O) groups is 1. The van der Waals surface area contributed by atoms with Gasteiger partial charge in [-0.05, 0) is 18.1 Å². The van der Waals surface area contributed by atoms with Crippen LogP contribution >= 0.6 is 0 Å². The SMILES string of the molecule is Cc1nnc2n1CCN(C(=O)C(c1ccccc1)c1ccccc1)C2. The number of amides is 1. The van der Waals surface area contributed by atoms with Gasteiger partial charge < -0.3 is 9.47 Å². The second-order valence-electron chi connectivity index (χ2n) is 6.33. The Hall–Kier alpha value is -2.95. The lowest BCUT2D eigenvalue weighted by atomic mass is 9.90. The van der Waals surface area contributed by atoms with Crippen molar-refractivity contribution in [3.63, 3.8) is 0 Å². The van der Waals surface area contributed by atoms with Crippen LogP contribution in [0.3, 0.4) is 0 Å². The number of hydrogen-bond donors (Lipinski definition) is 0. The van der Waals surface area contributed by atoms with E-state index in [9.17, 15) is 4.79 Å². The molecule has 1 aliphatic heterocycles. The molecule has 1 amide bonds. The standard InChI is InChI=1S/C20H20N4O/c1-15-21-22-18-14-23(12-13-24(15)18)20(25)19(16-8-4-2-5-9-16)17-10-6-3-7-11-17/h2-11,19H,12-14H2,1H3. The molecule has 25 heavy (non-hydrogen) atoms. The highest BCUT2D eigenvalue weighted by molar-refractivity contribution is 5.87. The number of fused-ring (bicyclic) bond motifs is 1. The van der Waals surface area contributed by atoms with Gasteiger partial charge in [-0.25, -0.2) is 0 Å². The van der Waals surface area contributed by atoms with Crippen molar-refractivity contribution in [1.29, 1.82) is 0 Å². The maximum Gasteiger partial charge on any atom is 0.235 e. The quantitative estimate of drug-likeness (QED) is 0.741. The minimum Gasteiger partial charge on any atom is -0.333 e. The largest absolute Gasteiger partial charge is 0.333 e. The fraction of sp³-hybridized carbons (Fsp3) is 0.250. The zero-order valence-corrected chi connectivity index (χ0v) is 14.2. The summed E-state index contributed by atoms with van der Waals surface area (Å²) in [4.78, 5) is 15.3. The first kappa shape index (κ1) is 15.6. The molecule has 0 aliphatic carbocycles. The summed E-state index contributed by atoms with van der Waals surface area (Å²) in [6, 6.07) is 20.0. The molecule has 0 unspecified atom stereocenters. The van der Waals surface area contributed by atoms with Crippen LogP contribution < -0.4 is 0 Å². The number of carbonyl (C=O) groups excluding carboxylic acids is 1. The molecule has 3 aromatic rings. The van der Waals surface area contributed by atoms with Gasteiger partial charge >= 0.3 is 0 Å². The maximum absolute atomic E-state index is 13.4. The monoisotopic (exact) mass is 332 g/mol. The molecule has 0 fully saturated rings. The Morgan fingerprint density at radius 2 is 1.52 bits per heavy atom. The van der Waals surface area contributed by atoms with Crippen LogP contribution in [0.2, 0.25) is 0 Å². The fourth-order valence-electron chi connectivity index (χ4n) is 3.44. The number of benzene rings is 2. The number of rotatable bonds is 3. The zero-order valence-electron chi connectivity index (χ0n) is 14.2. The minimum atomic E-state index is -0.294. The molecule has 0 radical (unpaired) electrons. The van der Waals surface area contributed by atoms with Crippen LogP contribution in [0.4, 0.5) is 0 Å². The van der Waals surface area contributed by atoms with Gasteiger partial charge in [-0.3, -0.25) is 4.79 Å². The van der Waals surface area contributed by atoms with Gasteiger partial charge in [0.05, 0.1) is 12.5 Å². The van der Waals surface area contributed by atoms with Crippen molar-refractivity contribution in [2.75, 3.05) is 6.54 Å². The molecular formula is C20H20N4O. The highest BCUT2D eigenvalue weighted by Crippen LogP contribution is 2.28. The molecule has 2 heterocycles. The van der Waals surface area contributed by atoms with Gasteiger partial charge in [0.25, 0.3) is 0 Å². The third-order valence-electron chi connectivity index (χ3n) is 4.76. The lowest BCUT2D eigenvalue weighted by Crippen LogP contribution is -2.41. The zero-order chi connectivity index (χ0) is 17.2. The van der Waals surface area contributed by atoms with Crippen molar-refractivity contribution in [3.8, 4) is 0 Å². The van der Waals surface area contributed by atoms with E-state index < -0.39 is 0 Å². The van der Waals surface area contributed by atoms with Crippen LogP contribution in [0.15, 0.2) is 60.7 Å². The Balaban J connectivity index is 1.67. The lowest BCUT2D eigenvalue weighted by Gasteiger charge is -2.31. The predicted octanol–water partition coefficient (Wildman–Crippen LogP) is 2.76. The van der Waals surface area contributed by atoms with Crippen molar-refractivity contribution in [3.05, 3.63) is 83.4 Å². The van der Waals surface area contributed by atoms with Crippen LogP contribution in [0.25, 0.3) is 0 Å². The maximum atomic E-state index is 13.4. The van der Waals surface area contributed by atoms with Crippen LogP contribution in [-0.2, 0) is 17.9 Å². The highest BCUT2D eigenvalue weighted by Gasteiger charge is 2.30. The molecule has 2 aromatic carbocycles. The summed E-state index contributed by atoms with van der Waals surface area (Å²) in [6.45, 7) is 3.89. The van der Waals surface area contributed by atoms with Gasteiger partial charge in [-0.15, -0.1) is 10.2 Å². The van der Waals surface area contributed by atoms with E-state index in [0.717, 1.165) is 29.3 Å². The van der Waals surface area contributed by atoms with E-state index in [2.05, 4.69) is 14.8 Å². The summed E-state index contributed by atoms with van der Waals surface area (Å²) < 4.78 is 2.09. The average Bonchev–Trinajstić information content (AvgIpc) is 3.04. The number of aryl methyl sites for hydroxylation is 1. The first-order chi connectivity index (χ1) is 12.2. The second-order valence-corrected chi connectivity index (χ2v) is 6.33. The molecule has 1 aliphatic rings. The van der Waals surface area contributed by atoms with Gasteiger partial charge in [0.2, 0.25) is 5.91 Å². The van der Waals surface area contributed by atoms with E-state index in [0.29, 0.717) is 13.1 Å². The van der Waals surface area contributed by atoms with Gasteiger partial charge in [0, 0.05) is 13.1 Å². The minimum absolute atomic E-state index is 0.115. The van der Waals surface area contributed by atoms with Crippen molar-refractivity contribution < 1.29 is 4.79 Å². The molecule has 0 saturated heterocycles. The van der Waals surface area contributed by atoms with E-state index in [1.165, 1.54) is 0 Å². The molecular weight excluding hydrogens is 312 g/mol. The predicted molar refractivity (Wildman–Crippen MR) is 94.9 cm³/mol. The third kappa shape index (κ3) is 2.93. The molecule has 1 aromatic heterocycles. The summed E-state index contributed by atoms with van der Waals surface area (Å²) in [6.07, 6.45) is 0. The Kier molecular flexibility index (Phi) is 4.06. The van der Waals surface area contributed by atoms with Crippen LogP contribution in [0.5, 0.6) is 0 Å². The number of hydrogen-bond acceptors (Lipinski definition) is 3. The normalized spacial score (nSPS) is 13.8. The first-order valence-electron chi connectivity index (χ1n) is 8.51. The molecule has 0 saturated carbocycles. The molecule has 0 spiro atoms. The van der Waals surface area contributed by atoms with Crippen molar-refractivity contribution >= 4 is 5.91 Å². The van der Waals surface area contributed by atoms with E-state index in [1.807, 2.05) is 72.5 Å². The van der Waals surface area contributed by atoms with E-state index in [1.54, 1.807) is 0 Å². The van der Waals surface area contributed by atoms with Crippen molar-refractivity contribution in [2.45, 2.75) is 25.9 Å². The Morgan fingerprint density at radius 3 is 2.12 bits per heavy atom. The van der Waals surface area contributed by atoms with Gasteiger partial charge in [-0.2, -0.15) is 0 Å². The van der Waals surface area contributed by atoms with Crippen LogP contribution in [-0.4, -0.2) is 32.1 Å². The lowest BCUT2D eigenvalue weighted by molar-refractivity contribution is -0.133. The smallest absolute Gasteiger partial charge is 0.235 e. The summed E-state index contributed by atoms with van der Waals surface area (Å²) in [7, 11) is 0. The van der Waals surface area contributed by atoms with Gasteiger partial charge in [0.1, 0.15) is 5.82 Å². The van der Waals surface area contributed by atoms with Crippen LogP contribution in [0, 0.1) is 6.92 Å². The fourth-order valence-corrected chi connectivity index (χ4v) is 3.44. The molecule has 5 nitrogen and oxygen atoms in total. The number of nitrogens with zero attached hydrogens (tertiary/aromatic N) is 4. The van der Waals surface area contributed by atoms with E-state index in [4.69, 9.17) is 0 Å².